The van der Waals surface area contributed by atoms with Crippen LogP contribution in [0, 0.1) is 11.8 Å². The van der Waals surface area contributed by atoms with Gasteiger partial charge in [-0.25, -0.2) is 4.79 Å². The summed E-state index contributed by atoms with van der Waals surface area (Å²) in [6.07, 6.45) is 3.58. The predicted molar refractivity (Wildman–Crippen MR) is 86.1 cm³/mol. The van der Waals surface area contributed by atoms with Gasteiger partial charge in [0.2, 0.25) is 0 Å². The Hall–Kier alpha value is -1.31. The first-order valence-corrected chi connectivity index (χ1v) is 7.74. The first-order valence-electron chi connectivity index (χ1n) is 7.74. The first-order chi connectivity index (χ1) is 9.56. The van der Waals surface area contributed by atoms with Crippen molar-refractivity contribution in [2.24, 2.45) is 11.8 Å². The molecule has 114 valence electrons. The van der Waals surface area contributed by atoms with Crippen molar-refractivity contribution in [2.45, 2.75) is 53.9 Å². The summed E-state index contributed by atoms with van der Waals surface area (Å²) < 4.78 is 4.69. The van der Waals surface area contributed by atoms with Gasteiger partial charge < -0.3 is 4.74 Å². The minimum Gasteiger partial charge on any atom is -0.465 e. The van der Waals surface area contributed by atoms with Crippen molar-refractivity contribution in [2.75, 3.05) is 7.11 Å². The summed E-state index contributed by atoms with van der Waals surface area (Å²) in [5.74, 6) is 1.20. The van der Waals surface area contributed by atoms with Gasteiger partial charge in [0.05, 0.1) is 12.7 Å². The molecule has 1 rings (SSSR count). The molecule has 0 aliphatic rings. The van der Waals surface area contributed by atoms with E-state index in [2.05, 4.69) is 25.5 Å². The Morgan fingerprint density at radius 3 is 2.10 bits per heavy atom. The fourth-order valence-corrected chi connectivity index (χ4v) is 2.23. The van der Waals surface area contributed by atoms with Crippen molar-refractivity contribution in [3.05, 3.63) is 35.4 Å². The Balaban J connectivity index is 0.00000172. The van der Waals surface area contributed by atoms with Crippen LogP contribution in [0.1, 0.15) is 63.4 Å². The van der Waals surface area contributed by atoms with Gasteiger partial charge in [-0.15, -0.1) is 0 Å². The van der Waals surface area contributed by atoms with Crippen molar-refractivity contribution in [1.29, 1.82) is 0 Å². The van der Waals surface area contributed by atoms with E-state index in [0.717, 1.165) is 12.3 Å². The van der Waals surface area contributed by atoms with E-state index >= 15 is 0 Å². The summed E-state index contributed by atoms with van der Waals surface area (Å²) in [5, 5.41) is 0. The van der Waals surface area contributed by atoms with E-state index in [1.807, 2.05) is 38.1 Å². The van der Waals surface area contributed by atoms with Gasteiger partial charge in [0.1, 0.15) is 0 Å². The lowest BCUT2D eigenvalue weighted by molar-refractivity contribution is 0.0600. The molecular formula is C18H30O2. The zero-order valence-electron chi connectivity index (χ0n) is 13.9. The molecule has 0 amide bonds. The molecule has 0 spiro atoms. The van der Waals surface area contributed by atoms with Crippen LogP contribution >= 0.6 is 0 Å². The number of hydrogen-bond acceptors (Lipinski definition) is 2. The summed E-state index contributed by atoms with van der Waals surface area (Å²) in [5.41, 5.74) is 1.91. The van der Waals surface area contributed by atoms with Crippen LogP contribution in [0.15, 0.2) is 24.3 Å². The number of rotatable bonds is 6. The van der Waals surface area contributed by atoms with Crippen LogP contribution in [-0.2, 0) is 11.2 Å². The molecule has 0 bridgehead atoms. The molecule has 0 saturated carbocycles. The average molecular weight is 278 g/mol. The Morgan fingerprint density at radius 2 is 1.65 bits per heavy atom. The van der Waals surface area contributed by atoms with E-state index in [1.54, 1.807) is 0 Å². The molecule has 2 unspecified atom stereocenters. The number of hydrogen-bond donors (Lipinski definition) is 0. The van der Waals surface area contributed by atoms with Crippen LogP contribution in [0.25, 0.3) is 0 Å². The minimum absolute atomic E-state index is 0.269. The third kappa shape index (κ3) is 6.74. The lowest BCUT2D eigenvalue weighted by Gasteiger charge is -2.15. The van der Waals surface area contributed by atoms with Crippen molar-refractivity contribution in [1.82, 2.24) is 0 Å². The monoisotopic (exact) mass is 278 g/mol. The summed E-state index contributed by atoms with van der Waals surface area (Å²) in [7, 11) is 1.41. The minimum atomic E-state index is -0.269. The third-order valence-corrected chi connectivity index (χ3v) is 3.46. The number of methoxy groups -OCH3 is 1. The number of carbonyl (C=O) groups is 1. The summed E-state index contributed by atoms with van der Waals surface area (Å²) in [6, 6.07) is 7.74. The highest BCUT2D eigenvalue weighted by molar-refractivity contribution is 5.89. The molecule has 1 aromatic rings. The number of benzene rings is 1. The van der Waals surface area contributed by atoms with E-state index in [9.17, 15) is 4.79 Å². The van der Waals surface area contributed by atoms with Crippen LogP contribution in [-0.4, -0.2) is 13.1 Å². The highest BCUT2D eigenvalue weighted by Gasteiger charge is 2.09. The lowest BCUT2D eigenvalue weighted by atomic mass is 9.90. The normalized spacial score (nSPS) is 12.9. The molecule has 0 aliphatic heterocycles. The van der Waals surface area contributed by atoms with Crippen molar-refractivity contribution < 1.29 is 9.53 Å². The zero-order valence-corrected chi connectivity index (χ0v) is 13.9. The molecule has 0 fully saturated rings. The largest absolute Gasteiger partial charge is 0.465 e. The fraction of sp³-hybridized carbons (Fsp3) is 0.611. The van der Waals surface area contributed by atoms with E-state index in [1.165, 1.54) is 25.5 Å². The maximum atomic E-state index is 11.3. The molecule has 20 heavy (non-hydrogen) atoms. The van der Waals surface area contributed by atoms with Crippen LogP contribution in [0.4, 0.5) is 0 Å². The van der Waals surface area contributed by atoms with Gasteiger partial charge in [-0.1, -0.05) is 53.2 Å². The number of esters is 1. The van der Waals surface area contributed by atoms with Gasteiger partial charge >= 0.3 is 5.97 Å². The van der Waals surface area contributed by atoms with Gasteiger partial charge in [-0.3, -0.25) is 0 Å². The molecule has 0 radical (unpaired) electrons. The molecular weight excluding hydrogens is 248 g/mol. The molecule has 0 heterocycles. The first kappa shape index (κ1) is 18.7. The standard InChI is InChI=1S/C16H24O2.C2H6/c1-5-12(2)10-13(3)11-14-6-8-15(9-7-14)16(17)18-4;1-2/h6-9,12-13H,5,10-11H2,1-4H3;1-2H3. The van der Waals surface area contributed by atoms with Gasteiger partial charge in [-0.2, -0.15) is 0 Å². The molecule has 2 heteroatoms. The molecule has 0 saturated heterocycles. The fourth-order valence-electron chi connectivity index (χ4n) is 2.23. The van der Waals surface area contributed by atoms with Crippen LogP contribution in [0.3, 0.4) is 0 Å². The van der Waals surface area contributed by atoms with Crippen molar-refractivity contribution >= 4 is 5.97 Å². The molecule has 1 aromatic carbocycles. The van der Waals surface area contributed by atoms with E-state index < -0.39 is 0 Å². The molecule has 0 N–H and O–H groups in total. The predicted octanol–water partition coefficient (Wildman–Crippen LogP) is 5.11. The Kier molecular flexibility index (Phi) is 9.79. The van der Waals surface area contributed by atoms with Gasteiger partial charge in [-0.05, 0) is 42.4 Å². The second kappa shape index (κ2) is 10.5. The SMILES string of the molecule is CC.CCC(C)CC(C)Cc1ccc(C(=O)OC)cc1. The molecule has 0 aliphatic carbocycles. The van der Waals surface area contributed by atoms with Crippen molar-refractivity contribution in [3.63, 3.8) is 0 Å². The maximum Gasteiger partial charge on any atom is 0.337 e. The third-order valence-electron chi connectivity index (χ3n) is 3.46. The van der Waals surface area contributed by atoms with Crippen LogP contribution in [0.2, 0.25) is 0 Å². The molecule has 2 nitrogen and oxygen atoms in total. The summed E-state index contributed by atoms with van der Waals surface area (Å²) in [6.45, 7) is 10.8. The highest BCUT2D eigenvalue weighted by Crippen LogP contribution is 2.19. The van der Waals surface area contributed by atoms with Gasteiger partial charge in [0, 0.05) is 0 Å². The number of carbonyl (C=O) groups excluding carboxylic acids is 1. The average Bonchev–Trinajstić information content (AvgIpc) is 2.49. The topological polar surface area (TPSA) is 26.3 Å². The highest BCUT2D eigenvalue weighted by atomic mass is 16.5. The van der Waals surface area contributed by atoms with Gasteiger partial charge in [0.15, 0.2) is 0 Å². The maximum absolute atomic E-state index is 11.3. The van der Waals surface area contributed by atoms with Crippen LogP contribution < -0.4 is 0 Å². The molecule has 0 aromatic heterocycles. The Labute approximate surface area is 124 Å². The quantitative estimate of drug-likeness (QED) is 0.675. The zero-order chi connectivity index (χ0) is 15.5. The Morgan fingerprint density at radius 1 is 1.10 bits per heavy atom. The van der Waals surface area contributed by atoms with Gasteiger partial charge in [0.25, 0.3) is 0 Å². The number of ether oxygens (including phenoxy) is 1. The molecule has 2 atom stereocenters. The summed E-state index contributed by atoms with van der Waals surface area (Å²) >= 11 is 0. The second-order valence-electron chi connectivity index (χ2n) is 5.25. The van der Waals surface area contributed by atoms with E-state index in [4.69, 9.17) is 0 Å². The smallest absolute Gasteiger partial charge is 0.337 e. The second-order valence-corrected chi connectivity index (χ2v) is 5.25. The van der Waals surface area contributed by atoms with Crippen LogP contribution in [0.5, 0.6) is 0 Å². The summed E-state index contributed by atoms with van der Waals surface area (Å²) in [4.78, 5) is 11.3. The van der Waals surface area contributed by atoms with E-state index in [-0.39, 0.29) is 5.97 Å². The van der Waals surface area contributed by atoms with E-state index in [0.29, 0.717) is 11.5 Å². The lowest BCUT2D eigenvalue weighted by Crippen LogP contribution is -2.06. The van der Waals surface area contributed by atoms with Crippen molar-refractivity contribution in [3.8, 4) is 0 Å². The Bertz CT molecular complexity index is 368.